The fourth-order valence-corrected chi connectivity index (χ4v) is 3.35. The van der Waals surface area contributed by atoms with Crippen LogP contribution in [0.3, 0.4) is 0 Å². The second kappa shape index (κ2) is 9.32. The van der Waals surface area contributed by atoms with E-state index in [0.29, 0.717) is 6.54 Å². The molecule has 0 aliphatic rings. The molecule has 2 aromatic carbocycles. The monoisotopic (exact) mass is 407 g/mol. The van der Waals surface area contributed by atoms with Gasteiger partial charge in [0.2, 0.25) is 5.91 Å². The second-order valence-electron chi connectivity index (χ2n) is 6.10. The molecule has 0 aromatic heterocycles. The van der Waals surface area contributed by atoms with Gasteiger partial charge in [-0.1, -0.05) is 19.1 Å². The highest BCUT2D eigenvalue weighted by atomic mass is 32.2. The van der Waals surface area contributed by atoms with Gasteiger partial charge >= 0.3 is 0 Å². The Hall–Kier alpha value is -2.94. The van der Waals surface area contributed by atoms with Crippen LogP contribution in [0.5, 0.6) is 0 Å². The predicted molar refractivity (Wildman–Crippen MR) is 104 cm³/mol. The van der Waals surface area contributed by atoms with Crippen molar-refractivity contribution in [3.05, 3.63) is 59.9 Å². The minimum atomic E-state index is -4.01. The molecule has 0 aliphatic heterocycles. The van der Waals surface area contributed by atoms with Crippen LogP contribution in [0.15, 0.2) is 53.4 Å². The fourth-order valence-electron chi connectivity index (χ4n) is 2.28. The quantitative estimate of drug-likeness (QED) is 0.624. The number of benzene rings is 2. The molecule has 1 atom stereocenters. The standard InChI is InChI=1S/C19H22FN3O4S/c1-3-12-21-18(24)13(2)22-19(25)14-8-10-15(11-9-14)28(26,27)23-17-7-5-4-6-16(17)20/h4-11,13,23H,3,12H2,1-2H3,(H,21,24)(H,22,25)/t13-/m0/s1. The Balaban J connectivity index is 2.07. The lowest BCUT2D eigenvalue weighted by Gasteiger charge is -2.14. The highest BCUT2D eigenvalue weighted by Crippen LogP contribution is 2.19. The van der Waals surface area contributed by atoms with Gasteiger partial charge in [-0.3, -0.25) is 14.3 Å². The summed E-state index contributed by atoms with van der Waals surface area (Å²) in [6, 6.07) is 9.79. The molecule has 0 radical (unpaired) electrons. The Bertz CT molecular complexity index is 946. The smallest absolute Gasteiger partial charge is 0.261 e. The van der Waals surface area contributed by atoms with E-state index in [9.17, 15) is 22.4 Å². The zero-order valence-corrected chi connectivity index (χ0v) is 16.3. The molecule has 7 nitrogen and oxygen atoms in total. The van der Waals surface area contributed by atoms with Crippen molar-refractivity contribution in [1.82, 2.24) is 10.6 Å². The molecule has 0 spiro atoms. The first-order valence-corrected chi connectivity index (χ1v) is 10.2. The van der Waals surface area contributed by atoms with E-state index in [1.807, 2.05) is 6.92 Å². The van der Waals surface area contributed by atoms with E-state index in [2.05, 4.69) is 15.4 Å². The third kappa shape index (κ3) is 5.53. The summed E-state index contributed by atoms with van der Waals surface area (Å²) in [7, 11) is -4.01. The SMILES string of the molecule is CCCNC(=O)[C@H](C)NC(=O)c1ccc(S(=O)(=O)Nc2ccccc2F)cc1. The number of carbonyl (C=O) groups excluding carboxylic acids is 2. The minimum Gasteiger partial charge on any atom is -0.354 e. The van der Waals surface area contributed by atoms with Crippen LogP contribution in [0.4, 0.5) is 10.1 Å². The van der Waals surface area contributed by atoms with Gasteiger partial charge in [-0.2, -0.15) is 0 Å². The van der Waals surface area contributed by atoms with E-state index in [0.717, 1.165) is 12.5 Å². The van der Waals surface area contributed by atoms with Gasteiger partial charge in [0.1, 0.15) is 11.9 Å². The van der Waals surface area contributed by atoms with Crippen LogP contribution in [0.1, 0.15) is 30.6 Å². The van der Waals surface area contributed by atoms with Crippen molar-refractivity contribution in [2.75, 3.05) is 11.3 Å². The van der Waals surface area contributed by atoms with E-state index in [-0.39, 0.29) is 22.1 Å². The normalized spacial score (nSPS) is 12.1. The van der Waals surface area contributed by atoms with Crippen molar-refractivity contribution in [3.8, 4) is 0 Å². The molecule has 150 valence electrons. The predicted octanol–water partition coefficient (Wildman–Crippen LogP) is 2.27. The molecule has 2 rings (SSSR count). The molecular weight excluding hydrogens is 385 g/mol. The maximum absolute atomic E-state index is 13.7. The molecular formula is C19H22FN3O4S. The van der Waals surface area contributed by atoms with Gasteiger partial charge in [-0.05, 0) is 49.7 Å². The van der Waals surface area contributed by atoms with Gasteiger partial charge in [-0.25, -0.2) is 12.8 Å². The lowest BCUT2D eigenvalue weighted by molar-refractivity contribution is -0.122. The number of amides is 2. The number of nitrogens with one attached hydrogen (secondary N) is 3. The van der Waals surface area contributed by atoms with Crippen molar-refractivity contribution in [2.45, 2.75) is 31.2 Å². The largest absolute Gasteiger partial charge is 0.354 e. The van der Waals surface area contributed by atoms with E-state index in [1.165, 1.54) is 42.5 Å². The van der Waals surface area contributed by atoms with Crippen molar-refractivity contribution in [2.24, 2.45) is 0 Å². The summed E-state index contributed by atoms with van der Waals surface area (Å²) in [6.45, 7) is 3.99. The van der Waals surface area contributed by atoms with Crippen molar-refractivity contribution in [3.63, 3.8) is 0 Å². The summed E-state index contributed by atoms with van der Waals surface area (Å²) < 4.78 is 40.6. The number of hydrogen-bond acceptors (Lipinski definition) is 4. The molecule has 0 saturated heterocycles. The number of sulfonamides is 1. The van der Waals surface area contributed by atoms with Gasteiger partial charge in [0, 0.05) is 12.1 Å². The number of hydrogen-bond donors (Lipinski definition) is 3. The van der Waals surface area contributed by atoms with Crippen LogP contribution in [-0.2, 0) is 14.8 Å². The third-order valence-electron chi connectivity index (χ3n) is 3.84. The molecule has 2 amide bonds. The zero-order chi connectivity index (χ0) is 20.7. The summed E-state index contributed by atoms with van der Waals surface area (Å²) >= 11 is 0. The fraction of sp³-hybridized carbons (Fsp3) is 0.263. The van der Waals surface area contributed by atoms with Crippen LogP contribution in [0, 0.1) is 5.82 Å². The average Bonchev–Trinajstić information content (AvgIpc) is 2.67. The molecule has 0 bridgehead atoms. The highest BCUT2D eigenvalue weighted by Gasteiger charge is 2.19. The molecule has 28 heavy (non-hydrogen) atoms. The molecule has 0 heterocycles. The highest BCUT2D eigenvalue weighted by molar-refractivity contribution is 7.92. The Morgan fingerprint density at radius 2 is 1.71 bits per heavy atom. The summed E-state index contributed by atoms with van der Waals surface area (Å²) in [5.74, 6) is -1.51. The molecule has 0 aliphatic carbocycles. The first-order chi connectivity index (χ1) is 13.2. The van der Waals surface area contributed by atoms with Crippen LogP contribution in [0.2, 0.25) is 0 Å². The lowest BCUT2D eigenvalue weighted by atomic mass is 10.2. The van der Waals surface area contributed by atoms with Gasteiger partial charge in [0.05, 0.1) is 10.6 Å². The minimum absolute atomic E-state index is 0.124. The Morgan fingerprint density at radius 1 is 1.07 bits per heavy atom. The Morgan fingerprint density at radius 3 is 2.32 bits per heavy atom. The van der Waals surface area contributed by atoms with E-state index >= 15 is 0 Å². The molecule has 2 aromatic rings. The molecule has 0 saturated carbocycles. The molecule has 9 heteroatoms. The first-order valence-electron chi connectivity index (χ1n) is 8.70. The van der Waals surface area contributed by atoms with Crippen LogP contribution in [-0.4, -0.2) is 32.8 Å². The van der Waals surface area contributed by atoms with E-state index < -0.39 is 27.8 Å². The number of anilines is 1. The summed E-state index contributed by atoms with van der Waals surface area (Å²) in [6.07, 6.45) is 0.781. The van der Waals surface area contributed by atoms with E-state index in [4.69, 9.17) is 0 Å². The summed E-state index contributed by atoms with van der Waals surface area (Å²) in [5, 5.41) is 5.22. The molecule has 0 unspecified atom stereocenters. The summed E-state index contributed by atoms with van der Waals surface area (Å²) in [4.78, 5) is 23.9. The molecule has 0 fully saturated rings. The topological polar surface area (TPSA) is 104 Å². The Labute approximate surface area is 163 Å². The first kappa shape index (κ1) is 21.4. The molecule has 3 N–H and O–H groups in total. The van der Waals surface area contributed by atoms with Gasteiger partial charge < -0.3 is 10.6 Å². The zero-order valence-electron chi connectivity index (χ0n) is 15.5. The van der Waals surface area contributed by atoms with Crippen LogP contribution in [0.25, 0.3) is 0 Å². The van der Waals surface area contributed by atoms with Crippen molar-refractivity contribution in [1.29, 1.82) is 0 Å². The maximum Gasteiger partial charge on any atom is 0.261 e. The van der Waals surface area contributed by atoms with E-state index in [1.54, 1.807) is 6.92 Å². The van der Waals surface area contributed by atoms with Crippen LogP contribution >= 0.6 is 0 Å². The number of rotatable bonds is 8. The van der Waals surface area contributed by atoms with Gasteiger partial charge in [0.15, 0.2) is 0 Å². The number of halogens is 1. The third-order valence-corrected chi connectivity index (χ3v) is 5.22. The Kier molecular flexibility index (Phi) is 7.11. The summed E-state index contributed by atoms with van der Waals surface area (Å²) in [5.41, 5.74) is 0.0243. The van der Waals surface area contributed by atoms with Crippen LogP contribution < -0.4 is 15.4 Å². The van der Waals surface area contributed by atoms with Gasteiger partial charge in [0.25, 0.3) is 15.9 Å². The second-order valence-corrected chi connectivity index (χ2v) is 7.78. The number of carbonyl (C=O) groups is 2. The van der Waals surface area contributed by atoms with Crippen molar-refractivity contribution >= 4 is 27.5 Å². The number of para-hydroxylation sites is 1. The maximum atomic E-state index is 13.7. The van der Waals surface area contributed by atoms with Crippen molar-refractivity contribution < 1.29 is 22.4 Å². The average molecular weight is 407 g/mol. The lowest BCUT2D eigenvalue weighted by Crippen LogP contribution is -2.45. The van der Waals surface area contributed by atoms with Gasteiger partial charge in [-0.15, -0.1) is 0 Å².